The highest BCUT2D eigenvalue weighted by Gasteiger charge is 2.39. The number of rotatable bonds is 5. The zero-order valence-electron chi connectivity index (χ0n) is 12.1. The Bertz CT molecular complexity index is 477. The predicted molar refractivity (Wildman–Crippen MR) is 74.9 cm³/mol. The summed E-state index contributed by atoms with van der Waals surface area (Å²) in [6.45, 7) is 4.93. The van der Waals surface area contributed by atoms with Crippen LogP contribution in [0.5, 0.6) is 0 Å². The molecule has 1 aromatic rings. The second-order valence-corrected chi connectivity index (χ2v) is 6.45. The summed E-state index contributed by atoms with van der Waals surface area (Å²) in [5, 5.41) is 4.42. The minimum atomic E-state index is 0.409. The maximum Gasteiger partial charge on any atom is 0.139 e. The fourth-order valence-corrected chi connectivity index (χ4v) is 4.21. The molecule has 0 spiro atoms. The Kier molecular flexibility index (Phi) is 3.46. The quantitative estimate of drug-likeness (QED) is 0.815. The van der Waals surface area contributed by atoms with Gasteiger partial charge in [-0.1, -0.05) is 6.42 Å². The predicted octanol–water partition coefficient (Wildman–Crippen LogP) is 3.15. The molecular formula is C16H24N2O. The third kappa shape index (κ3) is 2.60. The van der Waals surface area contributed by atoms with Crippen LogP contribution in [-0.4, -0.2) is 15.6 Å². The molecule has 2 bridgehead atoms. The Hall–Kier alpha value is -1.12. The van der Waals surface area contributed by atoms with Crippen molar-refractivity contribution >= 4 is 5.78 Å². The van der Waals surface area contributed by atoms with Crippen LogP contribution in [-0.2, 0) is 17.8 Å². The standard InChI is InChI=1S/C16H24N2O/c1-3-18-15(6-11(2)17-18)10-16(19)9-14-8-12-4-5-13(14)7-12/h6,12-14H,3-5,7-10H2,1-2H3. The normalized spacial score (nSPS) is 29.1. The van der Waals surface area contributed by atoms with E-state index in [1.54, 1.807) is 0 Å². The van der Waals surface area contributed by atoms with E-state index < -0.39 is 0 Å². The van der Waals surface area contributed by atoms with Crippen LogP contribution in [0, 0.1) is 24.7 Å². The summed E-state index contributed by atoms with van der Waals surface area (Å²) in [5.41, 5.74) is 2.11. The third-order valence-electron chi connectivity index (χ3n) is 5.04. The Balaban J connectivity index is 1.59. The van der Waals surface area contributed by atoms with Crippen molar-refractivity contribution in [3.8, 4) is 0 Å². The molecule has 2 fully saturated rings. The molecule has 104 valence electrons. The lowest BCUT2D eigenvalue weighted by molar-refractivity contribution is -0.119. The summed E-state index contributed by atoms with van der Waals surface area (Å²) in [5.74, 6) is 2.88. The average molecular weight is 260 g/mol. The van der Waals surface area contributed by atoms with Crippen LogP contribution in [0.25, 0.3) is 0 Å². The van der Waals surface area contributed by atoms with Gasteiger partial charge in [0.1, 0.15) is 5.78 Å². The van der Waals surface area contributed by atoms with Gasteiger partial charge in [0.2, 0.25) is 0 Å². The SMILES string of the molecule is CCn1nc(C)cc1CC(=O)CC1CC2CCC1C2. The number of aromatic nitrogens is 2. The molecule has 2 aliphatic rings. The van der Waals surface area contributed by atoms with E-state index in [9.17, 15) is 4.79 Å². The topological polar surface area (TPSA) is 34.9 Å². The first-order chi connectivity index (χ1) is 9.15. The van der Waals surface area contributed by atoms with Gasteiger partial charge in [-0.25, -0.2) is 0 Å². The van der Waals surface area contributed by atoms with Gasteiger partial charge < -0.3 is 0 Å². The van der Waals surface area contributed by atoms with Crippen molar-refractivity contribution in [1.82, 2.24) is 9.78 Å². The zero-order valence-corrected chi connectivity index (χ0v) is 12.1. The van der Waals surface area contributed by atoms with Crippen LogP contribution >= 0.6 is 0 Å². The number of hydrogen-bond donors (Lipinski definition) is 0. The molecule has 3 nitrogen and oxygen atoms in total. The highest BCUT2D eigenvalue weighted by atomic mass is 16.1. The summed E-state index contributed by atoms with van der Waals surface area (Å²) in [6, 6.07) is 2.06. The van der Waals surface area contributed by atoms with Crippen molar-refractivity contribution in [3.05, 3.63) is 17.5 Å². The van der Waals surface area contributed by atoms with Crippen molar-refractivity contribution < 1.29 is 4.79 Å². The van der Waals surface area contributed by atoms with Crippen LogP contribution in [0.3, 0.4) is 0 Å². The van der Waals surface area contributed by atoms with Crippen LogP contribution < -0.4 is 0 Å². The largest absolute Gasteiger partial charge is 0.299 e. The summed E-state index contributed by atoms with van der Waals surface area (Å²) < 4.78 is 1.97. The molecule has 3 heteroatoms. The summed E-state index contributed by atoms with van der Waals surface area (Å²) >= 11 is 0. The van der Waals surface area contributed by atoms with Gasteiger partial charge in [0, 0.05) is 25.1 Å². The fourth-order valence-electron chi connectivity index (χ4n) is 4.21. The molecule has 1 aromatic heterocycles. The molecular weight excluding hydrogens is 236 g/mol. The lowest BCUT2D eigenvalue weighted by Gasteiger charge is -2.20. The van der Waals surface area contributed by atoms with E-state index in [4.69, 9.17) is 0 Å². The number of ketones is 1. The number of fused-ring (bicyclic) bond motifs is 2. The maximum atomic E-state index is 12.3. The minimum absolute atomic E-state index is 0.409. The van der Waals surface area contributed by atoms with Crippen molar-refractivity contribution in [2.75, 3.05) is 0 Å². The Morgan fingerprint density at radius 3 is 2.89 bits per heavy atom. The Morgan fingerprint density at radius 1 is 1.42 bits per heavy atom. The van der Waals surface area contributed by atoms with E-state index in [-0.39, 0.29) is 0 Å². The highest BCUT2D eigenvalue weighted by Crippen LogP contribution is 2.49. The van der Waals surface area contributed by atoms with Gasteiger partial charge in [-0.3, -0.25) is 9.48 Å². The lowest BCUT2D eigenvalue weighted by Crippen LogP contribution is -2.17. The van der Waals surface area contributed by atoms with Crippen molar-refractivity contribution in [2.24, 2.45) is 17.8 Å². The average Bonchev–Trinajstić information content (AvgIpc) is 3.04. The molecule has 2 saturated carbocycles. The summed E-state index contributed by atoms with van der Waals surface area (Å²) in [7, 11) is 0. The number of carbonyl (C=O) groups excluding carboxylic acids is 1. The van der Waals surface area contributed by atoms with Gasteiger partial charge >= 0.3 is 0 Å². The number of nitrogens with zero attached hydrogens (tertiary/aromatic N) is 2. The van der Waals surface area contributed by atoms with Gasteiger partial charge in [-0.2, -0.15) is 5.10 Å². The molecule has 0 amide bonds. The first-order valence-corrected chi connectivity index (χ1v) is 7.70. The van der Waals surface area contributed by atoms with Gasteiger partial charge in [0.25, 0.3) is 0 Å². The highest BCUT2D eigenvalue weighted by molar-refractivity contribution is 5.80. The minimum Gasteiger partial charge on any atom is -0.299 e. The van der Waals surface area contributed by atoms with Crippen molar-refractivity contribution in [3.63, 3.8) is 0 Å². The maximum absolute atomic E-state index is 12.3. The van der Waals surface area contributed by atoms with E-state index in [1.807, 2.05) is 11.6 Å². The molecule has 3 rings (SSSR count). The monoisotopic (exact) mass is 260 g/mol. The summed E-state index contributed by atoms with van der Waals surface area (Å²) in [4.78, 5) is 12.3. The zero-order chi connectivity index (χ0) is 13.4. The van der Waals surface area contributed by atoms with E-state index in [1.165, 1.54) is 25.7 Å². The molecule has 3 atom stereocenters. The molecule has 0 aliphatic heterocycles. The summed E-state index contributed by atoms with van der Waals surface area (Å²) in [6.07, 6.45) is 6.86. The Labute approximate surface area is 115 Å². The van der Waals surface area contributed by atoms with Crippen molar-refractivity contribution in [1.29, 1.82) is 0 Å². The smallest absolute Gasteiger partial charge is 0.139 e. The van der Waals surface area contributed by atoms with Gasteiger partial charge in [0.15, 0.2) is 0 Å². The molecule has 1 heterocycles. The van der Waals surface area contributed by atoms with Gasteiger partial charge in [0.05, 0.1) is 5.69 Å². The van der Waals surface area contributed by atoms with Crippen LogP contribution in [0.15, 0.2) is 6.07 Å². The van der Waals surface area contributed by atoms with E-state index >= 15 is 0 Å². The van der Waals surface area contributed by atoms with Crippen LogP contribution in [0.4, 0.5) is 0 Å². The molecule has 19 heavy (non-hydrogen) atoms. The first-order valence-electron chi connectivity index (χ1n) is 7.70. The first kappa shape index (κ1) is 12.9. The van der Waals surface area contributed by atoms with E-state index in [2.05, 4.69) is 18.1 Å². The number of carbonyl (C=O) groups is 1. The number of aryl methyl sites for hydroxylation is 2. The third-order valence-corrected chi connectivity index (χ3v) is 5.04. The molecule has 0 radical (unpaired) electrons. The Morgan fingerprint density at radius 2 is 2.26 bits per heavy atom. The fraction of sp³-hybridized carbons (Fsp3) is 0.750. The number of hydrogen-bond acceptors (Lipinski definition) is 2. The molecule has 0 N–H and O–H groups in total. The van der Waals surface area contributed by atoms with Crippen LogP contribution in [0.1, 0.15) is 50.4 Å². The second-order valence-electron chi connectivity index (χ2n) is 6.45. The molecule has 3 unspecified atom stereocenters. The van der Waals surface area contributed by atoms with E-state index in [0.717, 1.165) is 36.2 Å². The van der Waals surface area contributed by atoms with E-state index in [0.29, 0.717) is 18.1 Å². The lowest BCUT2D eigenvalue weighted by atomic mass is 9.84. The van der Waals surface area contributed by atoms with Gasteiger partial charge in [-0.15, -0.1) is 0 Å². The van der Waals surface area contributed by atoms with Gasteiger partial charge in [-0.05, 0) is 56.9 Å². The van der Waals surface area contributed by atoms with Crippen LogP contribution in [0.2, 0.25) is 0 Å². The molecule has 2 aliphatic carbocycles. The second kappa shape index (κ2) is 5.10. The number of Topliss-reactive ketones (excluding diaryl/α,β-unsaturated/α-hetero) is 1. The molecule has 0 saturated heterocycles. The molecule has 0 aromatic carbocycles. The van der Waals surface area contributed by atoms with Crippen molar-refractivity contribution in [2.45, 2.75) is 58.9 Å².